The predicted molar refractivity (Wildman–Crippen MR) is 71.1 cm³/mol. The molecule has 0 aliphatic carbocycles. The van der Waals surface area contributed by atoms with E-state index in [9.17, 15) is 0 Å². The summed E-state index contributed by atoms with van der Waals surface area (Å²) >= 11 is 6.13. The summed E-state index contributed by atoms with van der Waals surface area (Å²) < 4.78 is 7.50. The highest BCUT2D eigenvalue weighted by atomic mass is 35.5. The van der Waals surface area contributed by atoms with Gasteiger partial charge in [0.1, 0.15) is 0 Å². The first-order chi connectivity index (χ1) is 8.72. The Morgan fingerprint density at radius 2 is 2.50 bits per heavy atom. The average Bonchev–Trinajstić information content (AvgIpc) is 2.73. The van der Waals surface area contributed by atoms with Crippen LogP contribution < -0.4 is 11.3 Å². The lowest BCUT2D eigenvalue weighted by Gasteiger charge is -2.25. The highest BCUT2D eigenvalue weighted by molar-refractivity contribution is 6.31. The van der Waals surface area contributed by atoms with Crippen molar-refractivity contribution >= 4 is 11.6 Å². The van der Waals surface area contributed by atoms with E-state index in [0.29, 0.717) is 11.1 Å². The van der Waals surface area contributed by atoms with Gasteiger partial charge in [0.25, 0.3) is 0 Å². The first kappa shape index (κ1) is 13.8. The minimum Gasteiger partial charge on any atom is -0.378 e. The quantitative estimate of drug-likeness (QED) is 0.635. The summed E-state index contributed by atoms with van der Waals surface area (Å²) in [6.07, 6.45) is 7.51. The minimum absolute atomic E-state index is 0.0236. The Bertz CT molecular complexity index is 357. The fourth-order valence-corrected chi connectivity index (χ4v) is 2.80. The number of rotatable bonds is 5. The Morgan fingerprint density at radius 3 is 3.06 bits per heavy atom. The van der Waals surface area contributed by atoms with Crippen molar-refractivity contribution in [2.45, 2.75) is 44.2 Å². The summed E-state index contributed by atoms with van der Waals surface area (Å²) in [4.78, 5) is 0. The standard InChI is InChI=1S/C12H21ClN4O/c1-17-12(10(13)8-15-17)11(16-14)6-5-9-4-2-3-7-18-9/h8-9,11,16H,2-7,14H2,1H3. The fourth-order valence-electron chi connectivity index (χ4n) is 2.50. The highest BCUT2D eigenvalue weighted by Gasteiger charge is 2.21. The molecular weight excluding hydrogens is 252 g/mol. The molecule has 1 aromatic rings. The van der Waals surface area contributed by atoms with Crippen LogP contribution in [0.3, 0.4) is 0 Å². The molecule has 0 aromatic carbocycles. The van der Waals surface area contributed by atoms with Crippen LogP contribution in [0.1, 0.15) is 43.8 Å². The Balaban J connectivity index is 1.93. The van der Waals surface area contributed by atoms with E-state index < -0.39 is 0 Å². The van der Waals surface area contributed by atoms with Gasteiger partial charge in [-0.05, 0) is 32.1 Å². The van der Waals surface area contributed by atoms with E-state index in [1.807, 2.05) is 7.05 Å². The van der Waals surface area contributed by atoms with Gasteiger partial charge in [-0.1, -0.05) is 11.6 Å². The number of nitrogens with zero attached hydrogens (tertiary/aromatic N) is 2. The Morgan fingerprint density at radius 1 is 1.67 bits per heavy atom. The molecule has 3 N–H and O–H groups in total. The van der Waals surface area contributed by atoms with Crippen molar-refractivity contribution in [3.05, 3.63) is 16.9 Å². The van der Waals surface area contributed by atoms with Gasteiger partial charge in [0, 0.05) is 13.7 Å². The van der Waals surface area contributed by atoms with Crippen molar-refractivity contribution in [1.82, 2.24) is 15.2 Å². The summed E-state index contributed by atoms with van der Waals surface area (Å²) in [5, 5.41) is 4.80. The Kier molecular flexibility index (Phi) is 5.00. The van der Waals surface area contributed by atoms with Gasteiger partial charge in [0.15, 0.2) is 0 Å². The number of hydrogen-bond acceptors (Lipinski definition) is 4. The molecule has 1 saturated heterocycles. The smallest absolute Gasteiger partial charge is 0.0834 e. The van der Waals surface area contributed by atoms with Crippen molar-refractivity contribution in [3.63, 3.8) is 0 Å². The number of hydrogen-bond donors (Lipinski definition) is 2. The molecule has 2 atom stereocenters. The molecule has 0 radical (unpaired) electrons. The molecule has 0 saturated carbocycles. The summed E-state index contributed by atoms with van der Waals surface area (Å²) in [5.41, 5.74) is 3.76. The zero-order valence-electron chi connectivity index (χ0n) is 10.7. The molecule has 6 heteroatoms. The van der Waals surface area contributed by atoms with Gasteiger partial charge in [-0.2, -0.15) is 5.10 Å². The van der Waals surface area contributed by atoms with Crippen LogP contribution in [0.15, 0.2) is 6.20 Å². The largest absolute Gasteiger partial charge is 0.378 e. The number of nitrogens with two attached hydrogens (primary N) is 1. The molecule has 2 unspecified atom stereocenters. The van der Waals surface area contributed by atoms with Gasteiger partial charge in [0.2, 0.25) is 0 Å². The van der Waals surface area contributed by atoms with E-state index in [4.69, 9.17) is 22.2 Å². The normalized spacial score (nSPS) is 22.1. The predicted octanol–water partition coefficient (Wildman–Crippen LogP) is 1.93. The maximum atomic E-state index is 6.13. The fraction of sp³-hybridized carbons (Fsp3) is 0.750. The summed E-state index contributed by atoms with van der Waals surface area (Å²) in [5.74, 6) is 5.63. The molecule has 1 aromatic heterocycles. The van der Waals surface area contributed by atoms with Crippen LogP contribution >= 0.6 is 11.6 Å². The molecule has 5 nitrogen and oxygen atoms in total. The van der Waals surface area contributed by atoms with Crippen LogP contribution in [-0.2, 0) is 11.8 Å². The van der Waals surface area contributed by atoms with Crippen LogP contribution in [0, 0.1) is 0 Å². The SMILES string of the molecule is Cn1ncc(Cl)c1C(CCC1CCCCO1)NN. The van der Waals surface area contributed by atoms with Gasteiger partial charge in [-0.15, -0.1) is 0 Å². The van der Waals surface area contributed by atoms with Crippen LogP contribution in [0.2, 0.25) is 5.02 Å². The summed E-state index contributed by atoms with van der Waals surface area (Å²) in [7, 11) is 1.88. The topological polar surface area (TPSA) is 65.1 Å². The lowest BCUT2D eigenvalue weighted by Crippen LogP contribution is -2.31. The maximum absolute atomic E-state index is 6.13. The van der Waals surface area contributed by atoms with E-state index in [-0.39, 0.29) is 6.04 Å². The number of halogens is 1. The Hall–Kier alpha value is -0.620. The first-order valence-corrected chi connectivity index (χ1v) is 6.85. The zero-order valence-corrected chi connectivity index (χ0v) is 11.5. The van der Waals surface area contributed by atoms with Crippen molar-refractivity contribution in [2.24, 2.45) is 12.9 Å². The van der Waals surface area contributed by atoms with Gasteiger partial charge >= 0.3 is 0 Å². The summed E-state index contributed by atoms with van der Waals surface area (Å²) in [6.45, 7) is 0.887. The molecule has 1 aliphatic heterocycles. The van der Waals surface area contributed by atoms with Crippen LogP contribution in [-0.4, -0.2) is 22.5 Å². The third-order valence-corrected chi connectivity index (χ3v) is 3.81. The van der Waals surface area contributed by atoms with Gasteiger partial charge in [-0.3, -0.25) is 16.0 Å². The molecule has 0 amide bonds. The second-order valence-corrected chi connectivity index (χ2v) is 5.19. The molecule has 0 spiro atoms. The van der Waals surface area contributed by atoms with Crippen LogP contribution in [0.5, 0.6) is 0 Å². The zero-order chi connectivity index (χ0) is 13.0. The number of nitrogens with one attached hydrogen (secondary N) is 1. The number of aryl methyl sites for hydroxylation is 1. The van der Waals surface area contributed by atoms with Gasteiger partial charge in [0.05, 0.1) is 29.1 Å². The van der Waals surface area contributed by atoms with E-state index in [0.717, 1.165) is 31.6 Å². The molecular formula is C12H21ClN4O. The number of ether oxygens (including phenoxy) is 1. The van der Waals surface area contributed by atoms with Crippen LogP contribution in [0.4, 0.5) is 0 Å². The van der Waals surface area contributed by atoms with Gasteiger partial charge in [-0.25, -0.2) is 0 Å². The molecule has 18 heavy (non-hydrogen) atoms. The molecule has 0 bridgehead atoms. The number of hydrazine groups is 1. The number of aromatic nitrogens is 2. The highest BCUT2D eigenvalue weighted by Crippen LogP contribution is 2.27. The van der Waals surface area contributed by atoms with E-state index in [1.165, 1.54) is 12.8 Å². The lowest BCUT2D eigenvalue weighted by atomic mass is 10.0. The molecule has 1 fully saturated rings. The molecule has 102 valence electrons. The second kappa shape index (κ2) is 6.52. The van der Waals surface area contributed by atoms with Crippen LogP contribution in [0.25, 0.3) is 0 Å². The molecule has 1 aliphatic rings. The third kappa shape index (κ3) is 3.23. The van der Waals surface area contributed by atoms with Crippen molar-refractivity contribution in [2.75, 3.05) is 6.61 Å². The van der Waals surface area contributed by atoms with E-state index >= 15 is 0 Å². The monoisotopic (exact) mass is 272 g/mol. The molecule has 2 rings (SSSR count). The van der Waals surface area contributed by atoms with Crippen molar-refractivity contribution < 1.29 is 4.74 Å². The van der Waals surface area contributed by atoms with E-state index in [2.05, 4.69) is 10.5 Å². The first-order valence-electron chi connectivity index (χ1n) is 6.47. The maximum Gasteiger partial charge on any atom is 0.0834 e. The van der Waals surface area contributed by atoms with Crippen molar-refractivity contribution in [1.29, 1.82) is 0 Å². The van der Waals surface area contributed by atoms with Crippen molar-refractivity contribution in [3.8, 4) is 0 Å². The lowest BCUT2D eigenvalue weighted by molar-refractivity contribution is 0.00842. The van der Waals surface area contributed by atoms with E-state index in [1.54, 1.807) is 10.9 Å². The minimum atomic E-state index is 0.0236. The Labute approximate surface area is 113 Å². The third-order valence-electron chi connectivity index (χ3n) is 3.52. The summed E-state index contributed by atoms with van der Waals surface area (Å²) in [6, 6.07) is 0.0236. The van der Waals surface area contributed by atoms with Gasteiger partial charge < -0.3 is 4.74 Å². The second-order valence-electron chi connectivity index (χ2n) is 4.79. The molecule has 2 heterocycles. The average molecular weight is 273 g/mol.